The van der Waals surface area contributed by atoms with Crippen molar-refractivity contribution in [2.75, 3.05) is 14.2 Å². The molecule has 0 radical (unpaired) electrons. The highest BCUT2D eigenvalue weighted by Crippen LogP contribution is 2.10. The molecule has 0 aliphatic carbocycles. The third kappa shape index (κ3) is 4.77. The standard InChI is InChI=1S/C12H18O4/c1-5-9(2)7-6-8-10(11(13)15-3)12(14)16-4/h5-7,10H,8H2,1-4H3/b7-6+,9-5+. The van der Waals surface area contributed by atoms with Crippen LogP contribution in [-0.2, 0) is 19.1 Å². The number of carbonyl (C=O) groups is 2. The number of ether oxygens (including phenoxy) is 2. The zero-order valence-electron chi connectivity index (χ0n) is 10.1. The lowest BCUT2D eigenvalue weighted by atomic mass is 10.1. The van der Waals surface area contributed by atoms with Gasteiger partial charge in [0.2, 0.25) is 0 Å². The van der Waals surface area contributed by atoms with Crippen LogP contribution in [0.2, 0.25) is 0 Å². The molecule has 90 valence electrons. The molecule has 0 saturated heterocycles. The first-order chi connectivity index (χ1) is 7.56. The minimum absolute atomic E-state index is 0.282. The van der Waals surface area contributed by atoms with Crippen molar-refractivity contribution in [2.24, 2.45) is 5.92 Å². The lowest BCUT2D eigenvalue weighted by molar-refractivity contribution is -0.158. The molecule has 0 unspecified atom stereocenters. The van der Waals surface area contributed by atoms with E-state index in [0.717, 1.165) is 5.57 Å². The van der Waals surface area contributed by atoms with Gasteiger partial charge in [-0.25, -0.2) is 0 Å². The van der Waals surface area contributed by atoms with Crippen LogP contribution in [0.25, 0.3) is 0 Å². The summed E-state index contributed by atoms with van der Waals surface area (Å²) in [6.45, 7) is 3.85. The van der Waals surface area contributed by atoms with E-state index in [0.29, 0.717) is 0 Å². The number of carbonyl (C=O) groups excluding carboxylic acids is 2. The normalized spacial score (nSPS) is 11.9. The molecule has 0 aliphatic rings. The minimum Gasteiger partial charge on any atom is -0.468 e. The first-order valence-corrected chi connectivity index (χ1v) is 5.01. The van der Waals surface area contributed by atoms with Gasteiger partial charge in [0, 0.05) is 0 Å². The predicted octanol–water partition coefficient (Wildman–Crippen LogP) is 1.86. The van der Waals surface area contributed by atoms with E-state index >= 15 is 0 Å². The Morgan fingerprint density at radius 3 is 2.06 bits per heavy atom. The Hall–Kier alpha value is -1.58. The van der Waals surface area contributed by atoms with Crippen LogP contribution in [0.1, 0.15) is 20.3 Å². The van der Waals surface area contributed by atoms with Crippen LogP contribution in [0.3, 0.4) is 0 Å². The number of methoxy groups -OCH3 is 2. The molecule has 4 nitrogen and oxygen atoms in total. The third-order valence-electron chi connectivity index (χ3n) is 2.18. The molecule has 0 saturated carbocycles. The Bertz CT molecular complexity index is 286. The molecule has 0 aromatic carbocycles. The smallest absolute Gasteiger partial charge is 0.320 e. The van der Waals surface area contributed by atoms with Crippen LogP contribution in [0.15, 0.2) is 23.8 Å². The quantitative estimate of drug-likeness (QED) is 0.408. The van der Waals surface area contributed by atoms with Crippen LogP contribution in [-0.4, -0.2) is 26.2 Å². The van der Waals surface area contributed by atoms with Gasteiger partial charge in [-0.05, 0) is 20.3 Å². The van der Waals surface area contributed by atoms with E-state index in [-0.39, 0.29) is 6.42 Å². The molecule has 0 N–H and O–H groups in total. The molecular weight excluding hydrogens is 208 g/mol. The van der Waals surface area contributed by atoms with E-state index in [9.17, 15) is 9.59 Å². The average molecular weight is 226 g/mol. The molecule has 0 heterocycles. The average Bonchev–Trinajstić information content (AvgIpc) is 2.32. The van der Waals surface area contributed by atoms with Gasteiger partial charge in [0.25, 0.3) is 0 Å². The second kappa shape index (κ2) is 7.68. The topological polar surface area (TPSA) is 52.6 Å². The molecule has 0 atom stereocenters. The van der Waals surface area contributed by atoms with Gasteiger partial charge in [0.1, 0.15) is 0 Å². The van der Waals surface area contributed by atoms with E-state index in [1.807, 2.05) is 26.0 Å². The summed E-state index contributed by atoms with van der Waals surface area (Å²) in [7, 11) is 2.50. The summed E-state index contributed by atoms with van der Waals surface area (Å²) >= 11 is 0. The van der Waals surface area contributed by atoms with Crippen molar-refractivity contribution in [1.29, 1.82) is 0 Å². The van der Waals surface area contributed by atoms with E-state index in [1.54, 1.807) is 6.08 Å². The molecular formula is C12H18O4. The van der Waals surface area contributed by atoms with Gasteiger partial charge in [0.05, 0.1) is 14.2 Å². The first-order valence-electron chi connectivity index (χ1n) is 5.01. The summed E-state index contributed by atoms with van der Waals surface area (Å²) < 4.78 is 9.06. The van der Waals surface area contributed by atoms with Crippen LogP contribution in [0.4, 0.5) is 0 Å². The van der Waals surface area contributed by atoms with Crippen molar-refractivity contribution in [1.82, 2.24) is 0 Å². The van der Waals surface area contributed by atoms with E-state index in [2.05, 4.69) is 9.47 Å². The molecule has 0 fully saturated rings. The molecule has 0 aliphatic heterocycles. The lowest BCUT2D eigenvalue weighted by Gasteiger charge is -2.09. The van der Waals surface area contributed by atoms with Crippen molar-refractivity contribution < 1.29 is 19.1 Å². The summed E-state index contributed by atoms with van der Waals surface area (Å²) in [5.41, 5.74) is 1.06. The lowest BCUT2D eigenvalue weighted by Crippen LogP contribution is -2.25. The van der Waals surface area contributed by atoms with Crippen LogP contribution in [0, 0.1) is 5.92 Å². The van der Waals surface area contributed by atoms with Gasteiger partial charge < -0.3 is 9.47 Å². The van der Waals surface area contributed by atoms with Crippen molar-refractivity contribution in [2.45, 2.75) is 20.3 Å². The van der Waals surface area contributed by atoms with Crippen molar-refractivity contribution in [3.63, 3.8) is 0 Å². The van der Waals surface area contributed by atoms with E-state index < -0.39 is 17.9 Å². The molecule has 0 aromatic heterocycles. The highest BCUT2D eigenvalue weighted by atomic mass is 16.5. The van der Waals surface area contributed by atoms with Gasteiger partial charge >= 0.3 is 11.9 Å². The summed E-state index contributed by atoms with van der Waals surface area (Å²) in [5, 5.41) is 0. The number of hydrogen-bond acceptors (Lipinski definition) is 4. The van der Waals surface area contributed by atoms with Gasteiger partial charge in [0.15, 0.2) is 5.92 Å². The molecule has 4 heteroatoms. The fourth-order valence-corrected chi connectivity index (χ4v) is 1.06. The summed E-state index contributed by atoms with van der Waals surface area (Å²) in [5.74, 6) is -2.03. The largest absolute Gasteiger partial charge is 0.468 e. The Morgan fingerprint density at radius 2 is 1.69 bits per heavy atom. The van der Waals surface area contributed by atoms with Gasteiger partial charge in [-0.3, -0.25) is 9.59 Å². The molecule has 0 aromatic rings. The summed E-state index contributed by atoms with van der Waals surface area (Å²) in [6.07, 6.45) is 5.82. The Kier molecular flexibility index (Phi) is 6.92. The zero-order chi connectivity index (χ0) is 12.6. The second-order valence-electron chi connectivity index (χ2n) is 3.27. The van der Waals surface area contributed by atoms with Crippen LogP contribution < -0.4 is 0 Å². The number of hydrogen-bond donors (Lipinski definition) is 0. The number of esters is 2. The Balaban J connectivity index is 4.51. The fraction of sp³-hybridized carbons (Fsp3) is 0.500. The maximum atomic E-state index is 11.3. The maximum Gasteiger partial charge on any atom is 0.320 e. The predicted molar refractivity (Wildman–Crippen MR) is 60.7 cm³/mol. The Morgan fingerprint density at radius 1 is 1.19 bits per heavy atom. The van der Waals surface area contributed by atoms with Crippen molar-refractivity contribution >= 4 is 11.9 Å². The number of rotatable bonds is 5. The van der Waals surface area contributed by atoms with Crippen LogP contribution >= 0.6 is 0 Å². The first kappa shape index (κ1) is 14.4. The highest BCUT2D eigenvalue weighted by Gasteiger charge is 2.26. The van der Waals surface area contributed by atoms with Gasteiger partial charge in [-0.1, -0.05) is 23.8 Å². The van der Waals surface area contributed by atoms with Gasteiger partial charge in [-0.15, -0.1) is 0 Å². The fourth-order valence-electron chi connectivity index (χ4n) is 1.06. The van der Waals surface area contributed by atoms with E-state index in [4.69, 9.17) is 0 Å². The molecule has 0 spiro atoms. The minimum atomic E-state index is -0.879. The summed E-state index contributed by atoms with van der Waals surface area (Å²) in [4.78, 5) is 22.6. The third-order valence-corrected chi connectivity index (χ3v) is 2.18. The number of allylic oxidation sites excluding steroid dienone is 4. The van der Waals surface area contributed by atoms with Crippen molar-refractivity contribution in [3.05, 3.63) is 23.8 Å². The van der Waals surface area contributed by atoms with Gasteiger partial charge in [-0.2, -0.15) is 0 Å². The SMILES string of the molecule is C/C=C(C)/C=C/CC(C(=O)OC)C(=O)OC. The van der Waals surface area contributed by atoms with Crippen LogP contribution in [0.5, 0.6) is 0 Å². The Labute approximate surface area is 95.9 Å². The monoisotopic (exact) mass is 226 g/mol. The summed E-state index contributed by atoms with van der Waals surface area (Å²) in [6, 6.07) is 0. The molecule has 0 bridgehead atoms. The highest BCUT2D eigenvalue weighted by molar-refractivity contribution is 5.94. The zero-order valence-corrected chi connectivity index (χ0v) is 10.1. The molecule has 16 heavy (non-hydrogen) atoms. The second-order valence-corrected chi connectivity index (χ2v) is 3.27. The van der Waals surface area contributed by atoms with E-state index in [1.165, 1.54) is 14.2 Å². The molecule has 0 amide bonds. The maximum absolute atomic E-state index is 11.3. The van der Waals surface area contributed by atoms with Crippen molar-refractivity contribution in [3.8, 4) is 0 Å². The molecule has 0 rings (SSSR count).